The molecule has 0 bridgehead atoms. The molecular weight excluding hydrogens is 292 g/mol. The molecule has 2 N–H and O–H groups in total. The van der Waals surface area contributed by atoms with E-state index in [0.717, 1.165) is 0 Å². The lowest BCUT2D eigenvalue weighted by Gasteiger charge is -2.13. The van der Waals surface area contributed by atoms with E-state index in [9.17, 15) is 23.2 Å². The highest BCUT2D eigenvalue weighted by Crippen LogP contribution is 2.16. The van der Waals surface area contributed by atoms with Crippen molar-refractivity contribution >= 4 is 12.6 Å². The zero-order chi connectivity index (χ0) is 15.9. The van der Waals surface area contributed by atoms with Crippen molar-refractivity contribution in [3.05, 3.63) is 18.2 Å². The number of alkyl halides is 3. The molecule has 0 radical (unpaired) electrons. The third-order valence-electron chi connectivity index (χ3n) is 2.45. The van der Waals surface area contributed by atoms with Crippen molar-refractivity contribution in [2.75, 3.05) is 26.9 Å². The SMILES string of the molecule is COc1ccc(OCCCOCC(F)(F)F)c(B(O)O)c1. The first-order valence-electron chi connectivity index (χ1n) is 6.15. The molecule has 0 unspecified atom stereocenters. The highest BCUT2D eigenvalue weighted by atomic mass is 19.4. The van der Waals surface area contributed by atoms with Crippen molar-refractivity contribution in [3.63, 3.8) is 0 Å². The summed E-state index contributed by atoms with van der Waals surface area (Å²) in [4.78, 5) is 0. The molecule has 0 aliphatic heterocycles. The molecule has 0 saturated heterocycles. The van der Waals surface area contributed by atoms with Crippen LogP contribution in [0.1, 0.15) is 6.42 Å². The predicted molar refractivity (Wildman–Crippen MR) is 69.8 cm³/mol. The summed E-state index contributed by atoms with van der Waals surface area (Å²) in [7, 11) is -0.307. The summed E-state index contributed by atoms with van der Waals surface area (Å²) in [5.74, 6) is 0.653. The van der Waals surface area contributed by atoms with Gasteiger partial charge in [-0.2, -0.15) is 13.2 Å². The second-order valence-electron chi connectivity index (χ2n) is 4.15. The summed E-state index contributed by atoms with van der Waals surface area (Å²) in [6, 6.07) is 4.46. The Kier molecular flexibility index (Phi) is 6.80. The van der Waals surface area contributed by atoms with Crippen LogP contribution in [0.2, 0.25) is 0 Å². The van der Waals surface area contributed by atoms with Crippen molar-refractivity contribution in [2.45, 2.75) is 12.6 Å². The van der Waals surface area contributed by atoms with E-state index in [1.807, 2.05) is 0 Å². The minimum atomic E-state index is -4.34. The first kappa shape index (κ1) is 17.6. The minimum Gasteiger partial charge on any atom is -0.497 e. The molecule has 0 saturated carbocycles. The average Bonchev–Trinajstić information content (AvgIpc) is 2.41. The first-order valence-corrected chi connectivity index (χ1v) is 6.15. The van der Waals surface area contributed by atoms with Crippen LogP contribution >= 0.6 is 0 Å². The van der Waals surface area contributed by atoms with E-state index in [0.29, 0.717) is 5.75 Å². The molecule has 1 aromatic carbocycles. The van der Waals surface area contributed by atoms with Gasteiger partial charge in [0.25, 0.3) is 0 Å². The molecule has 0 heterocycles. The van der Waals surface area contributed by atoms with Crippen molar-refractivity contribution < 1.29 is 37.4 Å². The number of benzene rings is 1. The Balaban J connectivity index is 2.41. The monoisotopic (exact) mass is 308 g/mol. The van der Waals surface area contributed by atoms with E-state index in [1.54, 1.807) is 6.07 Å². The highest BCUT2D eigenvalue weighted by molar-refractivity contribution is 6.59. The van der Waals surface area contributed by atoms with Crippen LogP contribution in [-0.4, -0.2) is 50.3 Å². The first-order chi connectivity index (χ1) is 9.83. The lowest BCUT2D eigenvalue weighted by Crippen LogP contribution is -2.31. The van der Waals surface area contributed by atoms with Crippen LogP contribution < -0.4 is 14.9 Å². The third-order valence-corrected chi connectivity index (χ3v) is 2.45. The van der Waals surface area contributed by atoms with E-state index < -0.39 is 19.9 Å². The fraction of sp³-hybridized carbons (Fsp3) is 0.500. The topological polar surface area (TPSA) is 68.2 Å². The molecule has 0 atom stereocenters. The Morgan fingerprint density at radius 2 is 1.90 bits per heavy atom. The van der Waals surface area contributed by atoms with Crippen LogP contribution in [-0.2, 0) is 4.74 Å². The molecule has 0 amide bonds. The van der Waals surface area contributed by atoms with Gasteiger partial charge in [-0.3, -0.25) is 0 Å². The van der Waals surface area contributed by atoms with Crippen LogP contribution in [0.5, 0.6) is 11.5 Å². The van der Waals surface area contributed by atoms with E-state index in [2.05, 4.69) is 4.74 Å². The molecule has 9 heteroatoms. The van der Waals surface area contributed by atoms with E-state index >= 15 is 0 Å². The maximum Gasteiger partial charge on any atom is 0.492 e. The van der Waals surface area contributed by atoms with Gasteiger partial charge < -0.3 is 24.3 Å². The summed E-state index contributed by atoms with van der Waals surface area (Å²) in [6.07, 6.45) is -4.10. The van der Waals surface area contributed by atoms with Crippen LogP contribution in [0.15, 0.2) is 18.2 Å². The summed E-state index contributed by atoms with van der Waals surface area (Å²) < 4.78 is 50.1. The lowest BCUT2D eigenvalue weighted by atomic mass is 9.79. The molecule has 0 spiro atoms. The van der Waals surface area contributed by atoms with Gasteiger partial charge in [0.2, 0.25) is 0 Å². The van der Waals surface area contributed by atoms with E-state index in [1.165, 1.54) is 19.2 Å². The Hall–Kier alpha value is -1.45. The summed E-state index contributed by atoms with van der Waals surface area (Å²) in [6.45, 7) is -1.31. The quantitative estimate of drug-likeness (QED) is 0.547. The van der Waals surface area contributed by atoms with Gasteiger partial charge >= 0.3 is 13.3 Å². The highest BCUT2D eigenvalue weighted by Gasteiger charge is 2.27. The number of hydrogen-bond donors (Lipinski definition) is 2. The molecule has 21 heavy (non-hydrogen) atoms. The predicted octanol–water partition coefficient (Wildman–Crippen LogP) is 0.723. The van der Waals surface area contributed by atoms with Gasteiger partial charge in [-0.05, 0) is 18.2 Å². The fourth-order valence-corrected chi connectivity index (χ4v) is 1.52. The van der Waals surface area contributed by atoms with Gasteiger partial charge in [0.15, 0.2) is 0 Å². The Morgan fingerprint density at radius 3 is 2.48 bits per heavy atom. The van der Waals surface area contributed by atoms with Crippen LogP contribution in [0.3, 0.4) is 0 Å². The normalized spacial score (nSPS) is 11.3. The molecule has 0 fully saturated rings. The van der Waals surface area contributed by atoms with Gasteiger partial charge in [-0.25, -0.2) is 0 Å². The second-order valence-corrected chi connectivity index (χ2v) is 4.15. The van der Waals surface area contributed by atoms with Crippen LogP contribution in [0, 0.1) is 0 Å². The van der Waals surface area contributed by atoms with Crippen molar-refractivity contribution in [3.8, 4) is 11.5 Å². The van der Waals surface area contributed by atoms with Gasteiger partial charge in [0.1, 0.15) is 18.1 Å². The molecule has 0 aliphatic carbocycles. The number of hydrogen-bond acceptors (Lipinski definition) is 5. The Morgan fingerprint density at radius 1 is 1.19 bits per heavy atom. The molecule has 1 aromatic rings. The zero-order valence-electron chi connectivity index (χ0n) is 11.4. The Labute approximate surface area is 120 Å². The third kappa shape index (κ3) is 6.70. The van der Waals surface area contributed by atoms with Gasteiger partial charge in [-0.1, -0.05) is 0 Å². The molecule has 0 aromatic heterocycles. The van der Waals surface area contributed by atoms with Crippen molar-refractivity contribution in [1.82, 2.24) is 0 Å². The van der Waals surface area contributed by atoms with Crippen molar-refractivity contribution in [1.29, 1.82) is 0 Å². The maximum atomic E-state index is 11.8. The maximum absolute atomic E-state index is 11.8. The Bertz CT molecular complexity index is 439. The lowest BCUT2D eigenvalue weighted by molar-refractivity contribution is -0.174. The standard InChI is InChI=1S/C12H16BF3O5/c1-19-9-3-4-11(10(7-9)13(17)18)21-6-2-5-20-8-12(14,15)16/h3-4,7,17-18H,2,5-6,8H2,1H3. The van der Waals surface area contributed by atoms with Gasteiger partial charge in [-0.15, -0.1) is 0 Å². The second kappa shape index (κ2) is 8.11. The summed E-state index contributed by atoms with van der Waals surface area (Å²) in [5, 5.41) is 18.5. The molecule has 118 valence electrons. The van der Waals surface area contributed by atoms with Gasteiger partial charge in [0.05, 0.1) is 20.3 Å². The van der Waals surface area contributed by atoms with Crippen LogP contribution in [0.25, 0.3) is 0 Å². The minimum absolute atomic E-state index is 0.0872. The number of ether oxygens (including phenoxy) is 3. The average molecular weight is 308 g/mol. The largest absolute Gasteiger partial charge is 0.497 e. The smallest absolute Gasteiger partial charge is 0.492 e. The number of methoxy groups -OCH3 is 1. The number of halogens is 3. The van der Waals surface area contributed by atoms with E-state index in [-0.39, 0.29) is 30.8 Å². The molecular formula is C12H16BF3O5. The summed E-state index contributed by atoms with van der Waals surface area (Å²) in [5.41, 5.74) is 0.116. The van der Waals surface area contributed by atoms with Crippen molar-refractivity contribution in [2.24, 2.45) is 0 Å². The zero-order valence-corrected chi connectivity index (χ0v) is 11.4. The molecule has 1 rings (SSSR count). The molecule has 5 nitrogen and oxygen atoms in total. The summed E-state index contributed by atoms with van der Waals surface area (Å²) >= 11 is 0. The molecule has 0 aliphatic rings. The fourth-order valence-electron chi connectivity index (χ4n) is 1.52. The van der Waals surface area contributed by atoms with Crippen LogP contribution in [0.4, 0.5) is 13.2 Å². The number of rotatable bonds is 8. The van der Waals surface area contributed by atoms with Gasteiger partial charge in [0, 0.05) is 11.9 Å². The van der Waals surface area contributed by atoms with E-state index in [4.69, 9.17) is 9.47 Å².